The number of anilines is 1. The lowest BCUT2D eigenvalue weighted by Crippen LogP contribution is -2.44. The van der Waals surface area contributed by atoms with E-state index in [0.717, 1.165) is 5.56 Å². The van der Waals surface area contributed by atoms with E-state index in [-0.39, 0.29) is 18.0 Å². The Kier molecular flexibility index (Phi) is 7.56. The van der Waals surface area contributed by atoms with Gasteiger partial charge in [-0.15, -0.1) is 5.10 Å². The van der Waals surface area contributed by atoms with Crippen molar-refractivity contribution in [3.63, 3.8) is 0 Å². The lowest BCUT2D eigenvalue weighted by atomic mass is 9.91. The van der Waals surface area contributed by atoms with Gasteiger partial charge in [0.05, 0.1) is 18.4 Å². The topological polar surface area (TPSA) is 140 Å². The fraction of sp³-hybridized carbons (Fsp3) is 0.143. The molecule has 1 unspecified atom stereocenters. The lowest BCUT2D eigenvalue weighted by Gasteiger charge is -2.36. The second kappa shape index (κ2) is 11.4. The zero-order valence-electron chi connectivity index (χ0n) is 21.2. The van der Waals surface area contributed by atoms with Crippen LogP contribution in [-0.4, -0.2) is 61.7 Å². The van der Waals surface area contributed by atoms with Gasteiger partial charge in [-0.05, 0) is 88.6 Å². The highest BCUT2D eigenvalue weighted by molar-refractivity contribution is 6.30. The van der Waals surface area contributed by atoms with Gasteiger partial charge < -0.3 is 20.1 Å². The predicted octanol–water partition coefficient (Wildman–Crippen LogP) is 3.80. The standard InChI is InChI=1S/C28H23ClN6O5/c1-40-22-8-9-23-18(15-22)12-13-34(26(23)27(37)31-21-6-2-17(3-7-21)28(38)39)25(36)11-4-19-14-20(29)5-10-24(19)35-16-30-32-33-35/h2-11,14-16,26H,12-13H2,1H3,(H,31,37)(H,38,39)/b11-4+. The van der Waals surface area contributed by atoms with E-state index in [4.69, 9.17) is 21.4 Å². The Balaban J connectivity index is 1.46. The van der Waals surface area contributed by atoms with Crippen molar-refractivity contribution in [2.75, 3.05) is 19.0 Å². The van der Waals surface area contributed by atoms with Crippen LogP contribution in [0.2, 0.25) is 5.02 Å². The summed E-state index contributed by atoms with van der Waals surface area (Å²) in [7, 11) is 1.57. The number of amides is 2. The first-order valence-electron chi connectivity index (χ1n) is 12.2. The number of fused-ring (bicyclic) bond motifs is 1. The van der Waals surface area contributed by atoms with Crippen molar-refractivity contribution in [2.24, 2.45) is 0 Å². The molecule has 2 amide bonds. The van der Waals surface area contributed by atoms with Crippen LogP contribution in [0.25, 0.3) is 11.8 Å². The Hall–Kier alpha value is -5.03. The molecule has 11 nitrogen and oxygen atoms in total. The van der Waals surface area contributed by atoms with Crippen LogP contribution in [0.1, 0.15) is 33.1 Å². The van der Waals surface area contributed by atoms with Gasteiger partial charge in [0.1, 0.15) is 18.1 Å². The highest BCUT2D eigenvalue weighted by Crippen LogP contribution is 2.34. The number of nitrogens with zero attached hydrogens (tertiary/aromatic N) is 5. The van der Waals surface area contributed by atoms with Crippen LogP contribution in [0.5, 0.6) is 5.75 Å². The minimum atomic E-state index is -1.07. The molecule has 0 radical (unpaired) electrons. The highest BCUT2D eigenvalue weighted by Gasteiger charge is 2.35. The van der Waals surface area contributed by atoms with Crippen LogP contribution < -0.4 is 10.1 Å². The van der Waals surface area contributed by atoms with Crippen LogP contribution in [0, 0.1) is 0 Å². The quantitative estimate of drug-likeness (QED) is 0.326. The van der Waals surface area contributed by atoms with Gasteiger partial charge in [0.2, 0.25) is 5.91 Å². The molecule has 2 N–H and O–H groups in total. The number of benzene rings is 3. The van der Waals surface area contributed by atoms with Gasteiger partial charge in [-0.3, -0.25) is 9.59 Å². The van der Waals surface area contributed by atoms with E-state index in [0.29, 0.717) is 39.7 Å². The summed E-state index contributed by atoms with van der Waals surface area (Å²) in [6.45, 7) is 0.286. The van der Waals surface area contributed by atoms with Gasteiger partial charge in [-0.2, -0.15) is 4.68 Å². The van der Waals surface area contributed by atoms with E-state index in [2.05, 4.69) is 20.8 Å². The number of aromatic nitrogens is 4. The molecule has 0 fully saturated rings. The molecular weight excluding hydrogens is 536 g/mol. The molecular formula is C28H23ClN6O5. The number of halogens is 1. The fourth-order valence-corrected chi connectivity index (χ4v) is 4.73. The smallest absolute Gasteiger partial charge is 0.335 e. The Labute approximate surface area is 233 Å². The summed E-state index contributed by atoms with van der Waals surface area (Å²) >= 11 is 6.21. The maximum atomic E-state index is 13.6. The molecule has 2 heterocycles. The Morgan fingerprint density at radius 3 is 2.60 bits per heavy atom. The Bertz CT molecular complexity index is 1600. The molecule has 0 saturated carbocycles. The molecule has 0 aliphatic carbocycles. The minimum Gasteiger partial charge on any atom is -0.497 e. The fourth-order valence-electron chi connectivity index (χ4n) is 4.55. The molecule has 3 aromatic carbocycles. The first-order valence-corrected chi connectivity index (χ1v) is 12.5. The van der Waals surface area contributed by atoms with Gasteiger partial charge in [-0.25, -0.2) is 4.79 Å². The number of carboxylic acids is 1. The average molecular weight is 559 g/mol. The number of ether oxygens (including phenoxy) is 1. The number of rotatable bonds is 7. The van der Waals surface area contributed by atoms with E-state index >= 15 is 0 Å². The summed E-state index contributed by atoms with van der Waals surface area (Å²) in [5.41, 5.74) is 3.29. The normalized spacial score (nSPS) is 14.6. The second-order valence-corrected chi connectivity index (χ2v) is 9.35. The zero-order chi connectivity index (χ0) is 28.2. The third-order valence-electron chi connectivity index (χ3n) is 6.50. The number of hydrogen-bond acceptors (Lipinski definition) is 7. The molecule has 0 saturated heterocycles. The molecule has 202 valence electrons. The number of carboxylic acid groups (broad SMARTS) is 1. The SMILES string of the molecule is COc1ccc2c(c1)CCN(C(=O)/C=C/c1cc(Cl)ccc1-n1cnnn1)C2C(=O)Nc1ccc(C(=O)O)cc1. The third-order valence-corrected chi connectivity index (χ3v) is 6.74. The number of hydrogen-bond donors (Lipinski definition) is 2. The van der Waals surface area contributed by atoms with Gasteiger partial charge in [-0.1, -0.05) is 17.7 Å². The summed E-state index contributed by atoms with van der Waals surface area (Å²) < 4.78 is 6.80. The molecule has 12 heteroatoms. The number of aromatic carboxylic acids is 1. The van der Waals surface area contributed by atoms with E-state index < -0.39 is 17.9 Å². The maximum Gasteiger partial charge on any atom is 0.335 e. The van der Waals surface area contributed by atoms with E-state index in [1.807, 2.05) is 6.07 Å². The average Bonchev–Trinajstić information content (AvgIpc) is 3.50. The minimum absolute atomic E-state index is 0.0945. The molecule has 1 aromatic heterocycles. The monoisotopic (exact) mass is 558 g/mol. The summed E-state index contributed by atoms with van der Waals surface area (Å²) in [4.78, 5) is 39.9. The lowest BCUT2D eigenvalue weighted by molar-refractivity contribution is -0.135. The largest absolute Gasteiger partial charge is 0.497 e. The third kappa shape index (κ3) is 5.54. The summed E-state index contributed by atoms with van der Waals surface area (Å²) in [6, 6.07) is 15.4. The van der Waals surface area contributed by atoms with Crippen LogP contribution >= 0.6 is 11.6 Å². The Morgan fingerprint density at radius 1 is 1.10 bits per heavy atom. The van der Waals surface area contributed by atoms with Gasteiger partial charge in [0.15, 0.2) is 0 Å². The highest BCUT2D eigenvalue weighted by atomic mass is 35.5. The molecule has 0 spiro atoms. The number of nitrogens with one attached hydrogen (secondary N) is 1. The molecule has 1 aliphatic heterocycles. The van der Waals surface area contributed by atoms with Gasteiger partial charge in [0, 0.05) is 28.9 Å². The van der Waals surface area contributed by atoms with Crippen LogP contribution in [0.15, 0.2) is 73.1 Å². The molecule has 1 atom stereocenters. The van der Waals surface area contributed by atoms with Crippen LogP contribution in [-0.2, 0) is 16.0 Å². The summed E-state index contributed by atoms with van der Waals surface area (Å²) in [5.74, 6) is -1.24. The zero-order valence-corrected chi connectivity index (χ0v) is 21.9. The second-order valence-electron chi connectivity index (χ2n) is 8.91. The van der Waals surface area contributed by atoms with Gasteiger partial charge in [0.25, 0.3) is 5.91 Å². The maximum absolute atomic E-state index is 13.6. The number of carbonyl (C=O) groups is 3. The number of methoxy groups -OCH3 is 1. The van der Waals surface area contributed by atoms with E-state index in [1.54, 1.807) is 43.5 Å². The van der Waals surface area contributed by atoms with Crippen molar-refractivity contribution in [2.45, 2.75) is 12.5 Å². The predicted molar refractivity (Wildman–Crippen MR) is 146 cm³/mol. The van der Waals surface area contributed by atoms with Gasteiger partial charge >= 0.3 is 5.97 Å². The molecule has 0 bridgehead atoms. The van der Waals surface area contributed by atoms with Crippen molar-refractivity contribution in [1.82, 2.24) is 25.1 Å². The molecule has 4 aromatic rings. The Morgan fingerprint density at radius 2 is 1.90 bits per heavy atom. The molecule has 5 rings (SSSR count). The van der Waals surface area contributed by atoms with E-state index in [9.17, 15) is 14.4 Å². The first-order chi connectivity index (χ1) is 19.3. The summed E-state index contributed by atoms with van der Waals surface area (Å²) in [6.07, 6.45) is 4.95. The van der Waals surface area contributed by atoms with Crippen molar-refractivity contribution >= 4 is 41.1 Å². The van der Waals surface area contributed by atoms with Crippen molar-refractivity contribution < 1.29 is 24.2 Å². The van der Waals surface area contributed by atoms with Crippen molar-refractivity contribution in [3.8, 4) is 11.4 Å². The number of tetrazole rings is 1. The van der Waals surface area contributed by atoms with Crippen molar-refractivity contribution in [3.05, 3.63) is 100 Å². The van der Waals surface area contributed by atoms with E-state index in [1.165, 1.54) is 46.3 Å². The van der Waals surface area contributed by atoms with Crippen molar-refractivity contribution in [1.29, 1.82) is 0 Å². The summed E-state index contributed by atoms with van der Waals surface area (Å²) in [5, 5.41) is 23.7. The van der Waals surface area contributed by atoms with Crippen LogP contribution in [0.3, 0.4) is 0 Å². The van der Waals surface area contributed by atoms with Crippen LogP contribution in [0.4, 0.5) is 5.69 Å². The first kappa shape index (κ1) is 26.6. The molecule has 40 heavy (non-hydrogen) atoms. The molecule has 1 aliphatic rings. The number of carbonyl (C=O) groups excluding carboxylic acids is 2.